The zero-order chi connectivity index (χ0) is 22.5. The van der Waals surface area contributed by atoms with Crippen molar-refractivity contribution in [3.63, 3.8) is 0 Å². The zero-order valence-corrected chi connectivity index (χ0v) is 19.0. The van der Waals surface area contributed by atoms with Crippen molar-refractivity contribution >= 4 is 22.6 Å². The van der Waals surface area contributed by atoms with Crippen LogP contribution in [0, 0.1) is 0 Å². The van der Waals surface area contributed by atoms with Gasteiger partial charge in [-0.3, -0.25) is 4.21 Å². The molecule has 2 atom stereocenters. The molecule has 2 aromatic carbocycles. The van der Waals surface area contributed by atoms with Crippen molar-refractivity contribution in [3.05, 3.63) is 53.6 Å². The Balaban J connectivity index is 0.000000186. The van der Waals surface area contributed by atoms with Gasteiger partial charge in [0.1, 0.15) is 5.75 Å². The van der Waals surface area contributed by atoms with Crippen molar-refractivity contribution in [2.75, 3.05) is 24.3 Å². The Morgan fingerprint density at radius 2 is 2.09 bits per heavy atom. The summed E-state index contributed by atoms with van der Waals surface area (Å²) in [6.07, 6.45) is 4.78. The van der Waals surface area contributed by atoms with Crippen LogP contribution in [-0.2, 0) is 22.9 Å². The van der Waals surface area contributed by atoms with E-state index in [1.807, 2.05) is 0 Å². The van der Waals surface area contributed by atoms with Gasteiger partial charge in [-0.2, -0.15) is 0 Å². The summed E-state index contributed by atoms with van der Waals surface area (Å²) in [5.74, 6) is 1.85. The molecule has 1 aromatic heterocycles. The molecular weight excluding hydrogens is 426 g/mol. The van der Waals surface area contributed by atoms with E-state index in [1.165, 1.54) is 49.3 Å². The summed E-state index contributed by atoms with van der Waals surface area (Å²) in [4.78, 5) is 2.64. The maximum atomic E-state index is 10.5. The number of ether oxygens (including phenoxy) is 1. The first-order valence-corrected chi connectivity index (χ1v) is 11.9. The van der Waals surface area contributed by atoms with E-state index in [-0.39, 0.29) is 6.32 Å². The Morgan fingerprint density at radius 3 is 2.69 bits per heavy atom. The van der Waals surface area contributed by atoms with E-state index < -0.39 is 11.1 Å². The lowest BCUT2D eigenvalue weighted by Gasteiger charge is -2.41. The highest BCUT2D eigenvalue weighted by Crippen LogP contribution is 2.58. The van der Waals surface area contributed by atoms with Gasteiger partial charge in [-0.25, -0.2) is 0 Å². The van der Waals surface area contributed by atoms with Gasteiger partial charge in [0.2, 0.25) is 0 Å². The minimum Gasteiger partial charge on any atom is -0.768 e. The van der Waals surface area contributed by atoms with Crippen molar-refractivity contribution in [3.8, 4) is 17.1 Å². The van der Waals surface area contributed by atoms with Crippen molar-refractivity contribution in [2.24, 2.45) is 0 Å². The van der Waals surface area contributed by atoms with Gasteiger partial charge >= 0.3 is 0 Å². The van der Waals surface area contributed by atoms with Crippen LogP contribution in [-0.4, -0.2) is 33.6 Å². The number of methoxy groups -OCH3 is 1. The zero-order valence-electron chi connectivity index (χ0n) is 18.2. The molecule has 0 amide bonds. The van der Waals surface area contributed by atoms with Crippen LogP contribution in [0.5, 0.6) is 5.75 Å². The van der Waals surface area contributed by atoms with E-state index in [9.17, 15) is 8.76 Å². The van der Waals surface area contributed by atoms with Crippen molar-refractivity contribution in [1.82, 2.24) is 5.16 Å². The van der Waals surface area contributed by atoms with Gasteiger partial charge in [0.15, 0.2) is 11.6 Å². The largest absolute Gasteiger partial charge is 0.768 e. The minimum atomic E-state index is -2.22. The minimum absolute atomic E-state index is 0. The molecule has 1 aliphatic heterocycles. The monoisotopic (exact) mass is 454 g/mol. The van der Waals surface area contributed by atoms with Crippen molar-refractivity contribution in [1.29, 1.82) is 0 Å². The molecule has 0 radical (unpaired) electrons. The lowest BCUT2D eigenvalue weighted by molar-refractivity contribution is 0.401. The SMILES string of the molecule is COc1ccccc1S(=O)[O-].C[C@H]1CCN1c1ccc2c(c1)-c1onc(N)c1CC21CC1.[HH]. The topological polar surface area (TPSA) is 105 Å². The average molecular weight is 455 g/mol. The number of benzene rings is 2. The summed E-state index contributed by atoms with van der Waals surface area (Å²) in [5, 5.41) is 4.00. The Labute approximate surface area is 191 Å². The third-order valence-corrected chi connectivity index (χ3v) is 7.60. The van der Waals surface area contributed by atoms with Crippen molar-refractivity contribution in [2.45, 2.75) is 49.0 Å². The fourth-order valence-electron chi connectivity index (χ4n) is 4.75. The molecule has 1 spiro atoms. The molecule has 2 fully saturated rings. The van der Waals surface area contributed by atoms with E-state index in [0.29, 0.717) is 23.0 Å². The highest BCUT2D eigenvalue weighted by molar-refractivity contribution is 7.79. The van der Waals surface area contributed by atoms with Gasteiger partial charge in [-0.05, 0) is 73.5 Å². The average Bonchev–Trinajstić information content (AvgIpc) is 3.47. The number of nitrogen functional groups attached to an aromatic ring is 1. The first-order valence-electron chi connectivity index (χ1n) is 10.8. The number of hydrogen-bond acceptors (Lipinski definition) is 7. The molecule has 3 aliphatic rings. The van der Waals surface area contributed by atoms with Gasteiger partial charge in [0.05, 0.1) is 12.0 Å². The molecule has 1 saturated heterocycles. The molecule has 2 aliphatic carbocycles. The second kappa shape index (κ2) is 7.94. The predicted octanol–water partition coefficient (Wildman–Crippen LogP) is 4.29. The predicted molar refractivity (Wildman–Crippen MR) is 125 cm³/mol. The molecule has 3 aromatic rings. The third-order valence-electron chi connectivity index (χ3n) is 6.91. The normalized spacial score (nSPS) is 20.3. The number of nitrogens with zero attached hydrogens (tertiary/aromatic N) is 2. The van der Waals surface area contributed by atoms with Gasteiger partial charge < -0.3 is 24.4 Å². The first-order chi connectivity index (χ1) is 15.4. The maximum Gasteiger partial charge on any atom is 0.172 e. The third kappa shape index (κ3) is 3.47. The van der Waals surface area contributed by atoms with Gasteiger partial charge in [0, 0.05) is 36.2 Å². The second-order valence-corrected chi connectivity index (χ2v) is 9.69. The van der Waals surface area contributed by atoms with Crippen molar-refractivity contribution < 1.29 is 19.4 Å². The lowest BCUT2D eigenvalue weighted by Crippen LogP contribution is -2.45. The Kier molecular flexibility index (Phi) is 5.22. The smallest absolute Gasteiger partial charge is 0.172 e. The molecule has 2 heterocycles. The molecule has 170 valence electrons. The number of aromatic nitrogens is 1. The maximum absolute atomic E-state index is 10.5. The van der Waals surface area contributed by atoms with Crippen LogP contribution in [0.4, 0.5) is 11.5 Å². The fraction of sp³-hybridized carbons (Fsp3) is 0.375. The summed E-state index contributed by atoms with van der Waals surface area (Å²) in [5.41, 5.74) is 11.4. The van der Waals surface area contributed by atoms with Crippen LogP contribution in [0.1, 0.15) is 38.7 Å². The van der Waals surface area contributed by atoms with E-state index in [4.69, 9.17) is 15.0 Å². The Hall–Kier alpha value is -2.84. The van der Waals surface area contributed by atoms with E-state index in [2.05, 4.69) is 35.2 Å². The highest BCUT2D eigenvalue weighted by atomic mass is 32.2. The van der Waals surface area contributed by atoms with Crippen LogP contribution >= 0.6 is 0 Å². The molecule has 6 rings (SSSR count). The van der Waals surface area contributed by atoms with Gasteiger partial charge in [-0.15, -0.1) is 0 Å². The number of hydrogen-bond donors (Lipinski definition) is 1. The van der Waals surface area contributed by atoms with Gasteiger partial charge in [-0.1, -0.05) is 23.4 Å². The fourth-order valence-corrected chi connectivity index (χ4v) is 5.26. The van der Waals surface area contributed by atoms with E-state index in [0.717, 1.165) is 24.3 Å². The van der Waals surface area contributed by atoms with Crippen LogP contribution in [0.2, 0.25) is 0 Å². The number of rotatable bonds is 3. The highest BCUT2D eigenvalue weighted by Gasteiger charge is 2.50. The molecule has 7 nitrogen and oxygen atoms in total. The standard InChI is InChI=1S/C17H19N3O.C7H8O3S.H2/c1-10-4-7-20(10)11-2-3-14-12(8-11)15-13(16(18)19-21-15)9-17(14)5-6-17;1-10-6-4-2-3-5-7(6)11(8)9;/h2-3,8,10H,4-7,9H2,1H3,(H2,18,19);2-5H,1H3,(H,8,9);1H/p-1/t10-;;/m0../s1. The lowest BCUT2D eigenvalue weighted by atomic mass is 9.79. The Bertz CT molecular complexity index is 1190. The molecule has 1 saturated carbocycles. The van der Waals surface area contributed by atoms with E-state index >= 15 is 0 Å². The number of para-hydroxylation sites is 1. The summed E-state index contributed by atoms with van der Waals surface area (Å²) in [7, 11) is 1.44. The van der Waals surface area contributed by atoms with Crippen LogP contribution < -0.4 is 15.4 Å². The molecule has 8 heteroatoms. The molecule has 2 N–H and O–H groups in total. The van der Waals surface area contributed by atoms with Crippen LogP contribution in [0.15, 0.2) is 51.9 Å². The number of anilines is 2. The van der Waals surface area contributed by atoms with E-state index in [1.54, 1.807) is 18.2 Å². The quantitative estimate of drug-likeness (QED) is 0.589. The number of nitrogens with two attached hydrogens (primary N) is 1. The Morgan fingerprint density at radius 1 is 1.31 bits per heavy atom. The summed E-state index contributed by atoms with van der Waals surface area (Å²) in [6.45, 7) is 3.43. The molecular formula is C24H28N3O4S-. The summed E-state index contributed by atoms with van der Waals surface area (Å²) < 4.78 is 31.4. The van der Waals surface area contributed by atoms with Crippen LogP contribution in [0.3, 0.4) is 0 Å². The molecule has 1 unspecified atom stereocenters. The molecule has 0 bridgehead atoms. The summed E-state index contributed by atoms with van der Waals surface area (Å²) in [6, 6.07) is 14.0. The molecule has 32 heavy (non-hydrogen) atoms. The number of fused-ring (bicyclic) bond motifs is 4. The van der Waals surface area contributed by atoms with Crippen LogP contribution in [0.25, 0.3) is 11.3 Å². The second-order valence-electron chi connectivity index (χ2n) is 8.78. The first kappa shape index (κ1) is 21.0. The van der Waals surface area contributed by atoms with Gasteiger partial charge in [0.25, 0.3) is 0 Å². The summed E-state index contributed by atoms with van der Waals surface area (Å²) >= 11 is -2.22.